The molecule has 0 spiro atoms. The Morgan fingerprint density at radius 3 is 2.59 bits per heavy atom. The molecule has 8 heteroatoms. The summed E-state index contributed by atoms with van der Waals surface area (Å²) in [6, 6.07) is 16.5. The van der Waals surface area contributed by atoms with Crippen molar-refractivity contribution in [1.82, 2.24) is 4.98 Å². The molecular weight excluding hydrogens is 394 g/mol. The number of carbonyl (C=O) groups excluding carboxylic acids is 1. The van der Waals surface area contributed by atoms with Crippen LogP contribution in [0.3, 0.4) is 0 Å². The van der Waals surface area contributed by atoms with Gasteiger partial charge in [-0.3, -0.25) is 14.9 Å². The highest BCUT2D eigenvalue weighted by Gasteiger charge is 2.17. The Hall–Kier alpha value is -3.71. The number of aromatic nitrogens is 1. The molecule has 7 nitrogen and oxygen atoms in total. The first-order chi connectivity index (χ1) is 13.9. The molecule has 29 heavy (non-hydrogen) atoms. The standard InChI is InChI=1S/C21H14ClN3O4/c1-12-2-4-13(5-3-12)21-24-18-9-6-14(10-19(18)29-21)23-20(26)16-11-15(25(27)28)7-8-17(16)22/h2-11H,1H3,(H,23,26). The summed E-state index contributed by atoms with van der Waals surface area (Å²) in [5.41, 5.74) is 3.38. The highest BCUT2D eigenvalue weighted by molar-refractivity contribution is 6.34. The Kier molecular flexibility index (Phi) is 4.74. The van der Waals surface area contributed by atoms with Crippen molar-refractivity contribution < 1.29 is 14.1 Å². The van der Waals surface area contributed by atoms with E-state index in [0.717, 1.165) is 17.2 Å². The molecule has 0 aliphatic heterocycles. The van der Waals surface area contributed by atoms with Crippen LogP contribution in [0.4, 0.5) is 11.4 Å². The third-order valence-electron chi connectivity index (χ3n) is 4.35. The second kappa shape index (κ2) is 7.37. The lowest BCUT2D eigenvalue weighted by Gasteiger charge is -2.06. The molecule has 0 fully saturated rings. The number of benzene rings is 3. The first-order valence-corrected chi connectivity index (χ1v) is 9.01. The van der Waals surface area contributed by atoms with E-state index in [9.17, 15) is 14.9 Å². The Balaban J connectivity index is 1.62. The van der Waals surface area contributed by atoms with Crippen molar-refractivity contribution in [2.24, 2.45) is 0 Å². The lowest BCUT2D eigenvalue weighted by molar-refractivity contribution is -0.384. The second-order valence-electron chi connectivity index (χ2n) is 6.44. The number of halogens is 1. The highest BCUT2D eigenvalue weighted by Crippen LogP contribution is 2.28. The third kappa shape index (κ3) is 3.81. The molecule has 0 saturated heterocycles. The number of nitrogens with one attached hydrogen (secondary N) is 1. The summed E-state index contributed by atoms with van der Waals surface area (Å²) in [6.45, 7) is 2.00. The van der Waals surface area contributed by atoms with Crippen molar-refractivity contribution in [2.45, 2.75) is 6.92 Å². The Morgan fingerprint density at radius 1 is 1.10 bits per heavy atom. The molecule has 3 aromatic carbocycles. The van der Waals surface area contributed by atoms with Gasteiger partial charge in [-0.2, -0.15) is 0 Å². The zero-order valence-electron chi connectivity index (χ0n) is 15.2. The van der Waals surface area contributed by atoms with Gasteiger partial charge in [0.2, 0.25) is 5.89 Å². The number of nitrogens with zero attached hydrogens (tertiary/aromatic N) is 2. The molecule has 1 aromatic heterocycles. The van der Waals surface area contributed by atoms with Crippen molar-refractivity contribution in [3.8, 4) is 11.5 Å². The Morgan fingerprint density at radius 2 is 1.86 bits per heavy atom. The van der Waals surface area contributed by atoms with Gasteiger partial charge >= 0.3 is 0 Å². The molecular formula is C21H14ClN3O4. The van der Waals surface area contributed by atoms with E-state index < -0.39 is 10.8 Å². The minimum atomic E-state index is -0.583. The fraction of sp³-hybridized carbons (Fsp3) is 0.0476. The van der Waals surface area contributed by atoms with Gasteiger partial charge in [-0.25, -0.2) is 4.98 Å². The number of hydrogen-bond acceptors (Lipinski definition) is 5. The quantitative estimate of drug-likeness (QED) is 0.350. The minimum Gasteiger partial charge on any atom is -0.436 e. The number of aryl methyl sites for hydroxylation is 1. The number of non-ortho nitro benzene ring substituents is 1. The first-order valence-electron chi connectivity index (χ1n) is 8.63. The van der Waals surface area contributed by atoms with Crippen LogP contribution in [-0.2, 0) is 0 Å². The molecule has 144 valence electrons. The van der Waals surface area contributed by atoms with Gasteiger partial charge in [0.25, 0.3) is 11.6 Å². The molecule has 1 N–H and O–H groups in total. The van der Waals surface area contributed by atoms with Gasteiger partial charge in [-0.1, -0.05) is 29.3 Å². The van der Waals surface area contributed by atoms with E-state index in [0.29, 0.717) is 22.7 Å². The summed E-state index contributed by atoms with van der Waals surface area (Å²) < 4.78 is 5.82. The average molecular weight is 408 g/mol. The largest absolute Gasteiger partial charge is 0.436 e. The molecule has 4 rings (SSSR count). The lowest BCUT2D eigenvalue weighted by atomic mass is 10.1. The monoisotopic (exact) mass is 407 g/mol. The van der Waals surface area contributed by atoms with Crippen LogP contribution in [0.5, 0.6) is 0 Å². The average Bonchev–Trinajstić information content (AvgIpc) is 3.12. The maximum atomic E-state index is 12.5. The van der Waals surface area contributed by atoms with Crippen LogP contribution in [0.2, 0.25) is 5.02 Å². The molecule has 0 radical (unpaired) electrons. The van der Waals surface area contributed by atoms with Crippen molar-refractivity contribution in [1.29, 1.82) is 0 Å². The highest BCUT2D eigenvalue weighted by atomic mass is 35.5. The topological polar surface area (TPSA) is 98.3 Å². The molecule has 1 amide bonds. The van der Waals surface area contributed by atoms with Gasteiger partial charge in [0.15, 0.2) is 5.58 Å². The smallest absolute Gasteiger partial charge is 0.270 e. The van der Waals surface area contributed by atoms with Crippen LogP contribution in [0.25, 0.3) is 22.6 Å². The summed E-state index contributed by atoms with van der Waals surface area (Å²) in [7, 11) is 0. The number of rotatable bonds is 4. The fourth-order valence-corrected chi connectivity index (χ4v) is 3.02. The predicted molar refractivity (Wildman–Crippen MR) is 110 cm³/mol. The molecule has 0 unspecified atom stereocenters. The summed E-state index contributed by atoms with van der Waals surface area (Å²) in [5, 5.41) is 13.7. The number of hydrogen-bond donors (Lipinski definition) is 1. The van der Waals surface area contributed by atoms with Gasteiger partial charge in [-0.05, 0) is 37.3 Å². The Labute approximate surface area is 170 Å². The molecule has 0 aliphatic rings. The number of amides is 1. The number of anilines is 1. The Bertz CT molecular complexity index is 1250. The van der Waals surface area contributed by atoms with E-state index >= 15 is 0 Å². The summed E-state index contributed by atoms with van der Waals surface area (Å²) in [5.74, 6) is -0.0819. The summed E-state index contributed by atoms with van der Waals surface area (Å²) >= 11 is 6.03. The van der Waals surface area contributed by atoms with Crippen LogP contribution >= 0.6 is 11.6 Å². The van der Waals surface area contributed by atoms with E-state index in [1.54, 1.807) is 18.2 Å². The molecule has 0 atom stereocenters. The summed E-state index contributed by atoms with van der Waals surface area (Å²) in [4.78, 5) is 27.4. The molecule has 0 aliphatic carbocycles. The van der Waals surface area contributed by atoms with Crippen molar-refractivity contribution in [3.05, 3.63) is 86.9 Å². The van der Waals surface area contributed by atoms with Crippen LogP contribution in [0.15, 0.2) is 65.1 Å². The number of oxazole rings is 1. The van der Waals surface area contributed by atoms with E-state index in [1.165, 1.54) is 12.1 Å². The normalized spacial score (nSPS) is 10.8. The zero-order valence-corrected chi connectivity index (χ0v) is 15.9. The van der Waals surface area contributed by atoms with Crippen LogP contribution < -0.4 is 5.32 Å². The van der Waals surface area contributed by atoms with Crippen molar-refractivity contribution in [2.75, 3.05) is 5.32 Å². The third-order valence-corrected chi connectivity index (χ3v) is 4.68. The minimum absolute atomic E-state index is 0.0128. The van der Waals surface area contributed by atoms with Gasteiger partial charge in [-0.15, -0.1) is 0 Å². The molecule has 1 heterocycles. The number of nitro groups is 1. The van der Waals surface area contributed by atoms with Crippen LogP contribution in [0.1, 0.15) is 15.9 Å². The molecule has 0 bridgehead atoms. The maximum Gasteiger partial charge on any atom is 0.270 e. The lowest BCUT2D eigenvalue weighted by Crippen LogP contribution is -2.12. The van der Waals surface area contributed by atoms with Crippen molar-refractivity contribution >= 4 is 40.0 Å². The maximum absolute atomic E-state index is 12.5. The molecule has 0 saturated carbocycles. The van der Waals surface area contributed by atoms with Gasteiger partial charge in [0.05, 0.1) is 15.5 Å². The summed E-state index contributed by atoms with van der Waals surface area (Å²) in [6.07, 6.45) is 0. The second-order valence-corrected chi connectivity index (χ2v) is 6.85. The number of nitro benzene ring substituents is 1. The first kappa shape index (κ1) is 18.6. The van der Waals surface area contributed by atoms with Crippen LogP contribution in [0, 0.1) is 17.0 Å². The van der Waals surface area contributed by atoms with Gasteiger partial charge in [0.1, 0.15) is 5.52 Å². The van der Waals surface area contributed by atoms with E-state index in [4.69, 9.17) is 16.0 Å². The number of fused-ring (bicyclic) bond motifs is 1. The van der Waals surface area contributed by atoms with E-state index in [-0.39, 0.29) is 16.3 Å². The zero-order chi connectivity index (χ0) is 20.5. The van der Waals surface area contributed by atoms with E-state index in [2.05, 4.69) is 10.3 Å². The SMILES string of the molecule is Cc1ccc(-c2nc3ccc(NC(=O)c4cc([N+](=O)[O-])ccc4Cl)cc3o2)cc1. The van der Waals surface area contributed by atoms with Crippen molar-refractivity contribution in [3.63, 3.8) is 0 Å². The van der Waals surface area contributed by atoms with Gasteiger partial charge < -0.3 is 9.73 Å². The molecule has 4 aromatic rings. The van der Waals surface area contributed by atoms with Gasteiger partial charge in [0, 0.05) is 29.4 Å². The predicted octanol–water partition coefficient (Wildman–Crippen LogP) is 5.62. The fourth-order valence-electron chi connectivity index (χ4n) is 2.82. The van der Waals surface area contributed by atoms with Crippen LogP contribution in [-0.4, -0.2) is 15.8 Å². The van der Waals surface area contributed by atoms with E-state index in [1.807, 2.05) is 31.2 Å². The number of carbonyl (C=O) groups is 1.